The Morgan fingerprint density at radius 2 is 2.15 bits per heavy atom. The van der Waals surface area contributed by atoms with Gasteiger partial charge in [0.25, 0.3) is 0 Å². The number of carbonyl (C=O) groups is 1. The van der Waals surface area contributed by atoms with Crippen LogP contribution in [0.1, 0.15) is 10.4 Å². The lowest BCUT2D eigenvalue weighted by atomic mass is 10.2. The van der Waals surface area contributed by atoms with Crippen LogP contribution in [-0.2, 0) is 0 Å². The largest absolute Gasteiger partial charge is 0.494 e. The van der Waals surface area contributed by atoms with Gasteiger partial charge in [-0.2, -0.15) is 0 Å². The fraction of sp³-hybridized carbons (Fsp3) is 0.125. The van der Waals surface area contributed by atoms with E-state index in [1.165, 1.54) is 7.11 Å². The summed E-state index contributed by atoms with van der Waals surface area (Å²) in [4.78, 5) is 10.3. The topological polar surface area (TPSA) is 26.3 Å². The van der Waals surface area contributed by atoms with Gasteiger partial charge in [0.2, 0.25) is 0 Å². The first-order valence-electron chi connectivity index (χ1n) is 3.28. The summed E-state index contributed by atoms with van der Waals surface area (Å²) in [6, 6.07) is 0.769. The number of ether oxygens (including phenoxy) is 1. The minimum absolute atomic E-state index is 0.153. The maximum absolute atomic E-state index is 13.0. The van der Waals surface area contributed by atoms with E-state index in [9.17, 15) is 13.6 Å². The average molecular weight is 207 g/mol. The summed E-state index contributed by atoms with van der Waals surface area (Å²) < 4.78 is 30.5. The van der Waals surface area contributed by atoms with Crippen molar-refractivity contribution >= 4 is 17.9 Å². The first-order valence-corrected chi connectivity index (χ1v) is 3.66. The molecule has 0 heterocycles. The second kappa shape index (κ2) is 3.70. The second-order valence-electron chi connectivity index (χ2n) is 2.22. The molecule has 0 aliphatic heterocycles. The number of benzene rings is 1. The molecule has 0 spiro atoms. The van der Waals surface area contributed by atoms with Crippen LogP contribution < -0.4 is 4.74 Å². The maximum Gasteiger partial charge on any atom is 0.184 e. The summed E-state index contributed by atoms with van der Waals surface area (Å²) >= 11 is 5.36. The highest BCUT2D eigenvalue weighted by Gasteiger charge is 2.16. The highest BCUT2D eigenvalue weighted by atomic mass is 35.5. The van der Waals surface area contributed by atoms with Crippen molar-refractivity contribution in [1.29, 1.82) is 0 Å². The van der Waals surface area contributed by atoms with Crippen LogP contribution in [0.3, 0.4) is 0 Å². The third-order valence-corrected chi connectivity index (χ3v) is 1.87. The Morgan fingerprint density at radius 3 is 2.62 bits per heavy atom. The van der Waals surface area contributed by atoms with Gasteiger partial charge in [0, 0.05) is 6.07 Å². The number of aldehydes is 1. The van der Waals surface area contributed by atoms with Crippen LogP contribution in [0.2, 0.25) is 5.02 Å². The molecule has 0 amide bonds. The number of hydrogen-bond acceptors (Lipinski definition) is 2. The Balaban J connectivity index is 3.45. The van der Waals surface area contributed by atoms with Crippen molar-refractivity contribution in [3.05, 3.63) is 28.3 Å². The SMILES string of the molecule is COc1cc(F)c(C=O)c(Cl)c1F. The number of hydrogen-bond donors (Lipinski definition) is 0. The molecule has 0 aromatic heterocycles. The van der Waals surface area contributed by atoms with Gasteiger partial charge in [-0.25, -0.2) is 8.78 Å². The van der Waals surface area contributed by atoms with Gasteiger partial charge in [0.15, 0.2) is 17.9 Å². The van der Waals surface area contributed by atoms with Crippen molar-refractivity contribution in [2.75, 3.05) is 7.11 Å². The van der Waals surface area contributed by atoms with Gasteiger partial charge < -0.3 is 4.74 Å². The lowest BCUT2D eigenvalue weighted by molar-refractivity contribution is 0.111. The number of carbonyl (C=O) groups excluding carboxylic acids is 1. The Bertz CT molecular complexity index is 352. The van der Waals surface area contributed by atoms with Crippen molar-refractivity contribution in [3.63, 3.8) is 0 Å². The third-order valence-electron chi connectivity index (χ3n) is 1.50. The molecule has 0 unspecified atom stereocenters. The van der Waals surface area contributed by atoms with Gasteiger partial charge in [-0.1, -0.05) is 11.6 Å². The minimum atomic E-state index is -0.937. The van der Waals surface area contributed by atoms with Gasteiger partial charge in [-0.15, -0.1) is 0 Å². The average Bonchev–Trinajstić information content (AvgIpc) is 2.12. The van der Waals surface area contributed by atoms with E-state index < -0.39 is 22.2 Å². The van der Waals surface area contributed by atoms with Crippen molar-refractivity contribution < 1.29 is 18.3 Å². The molecule has 0 N–H and O–H groups in total. The summed E-state index contributed by atoms with van der Waals surface area (Å²) in [7, 11) is 1.18. The van der Waals surface area contributed by atoms with E-state index in [0.29, 0.717) is 0 Å². The van der Waals surface area contributed by atoms with Gasteiger partial charge in [-0.3, -0.25) is 4.79 Å². The standard InChI is InChI=1S/C8H5ClF2O2/c1-13-6-2-5(10)4(3-12)7(9)8(6)11/h2-3H,1H3. The molecule has 0 radical (unpaired) electrons. The van der Waals surface area contributed by atoms with Crippen LogP contribution in [-0.4, -0.2) is 13.4 Å². The molecule has 1 aromatic rings. The normalized spacial score (nSPS) is 9.85. The first kappa shape index (κ1) is 9.92. The predicted octanol–water partition coefficient (Wildman–Crippen LogP) is 2.44. The summed E-state index contributed by atoms with van der Waals surface area (Å²) in [5.74, 6) is -2.17. The predicted molar refractivity (Wildman–Crippen MR) is 43.3 cm³/mol. The molecule has 0 aliphatic rings. The van der Waals surface area contributed by atoms with E-state index in [1.54, 1.807) is 0 Å². The molecule has 0 atom stereocenters. The molecule has 0 saturated carbocycles. The molecule has 1 aromatic carbocycles. The molecular formula is C8H5ClF2O2. The van der Waals surface area contributed by atoms with E-state index >= 15 is 0 Å². The highest BCUT2D eigenvalue weighted by Crippen LogP contribution is 2.29. The van der Waals surface area contributed by atoms with E-state index in [-0.39, 0.29) is 12.0 Å². The molecule has 0 bridgehead atoms. The second-order valence-corrected chi connectivity index (χ2v) is 2.60. The van der Waals surface area contributed by atoms with Crippen LogP contribution in [0.15, 0.2) is 6.07 Å². The molecule has 0 saturated heterocycles. The van der Waals surface area contributed by atoms with Crippen LogP contribution in [0.25, 0.3) is 0 Å². The first-order chi connectivity index (χ1) is 6.11. The van der Waals surface area contributed by atoms with Crippen LogP contribution in [0, 0.1) is 11.6 Å². The van der Waals surface area contributed by atoms with Gasteiger partial charge in [0.1, 0.15) is 5.82 Å². The molecule has 70 valence electrons. The Morgan fingerprint density at radius 1 is 1.54 bits per heavy atom. The number of halogens is 3. The fourth-order valence-electron chi connectivity index (χ4n) is 0.844. The minimum Gasteiger partial charge on any atom is -0.494 e. The zero-order chi connectivity index (χ0) is 10.0. The van der Waals surface area contributed by atoms with Crippen LogP contribution >= 0.6 is 11.6 Å². The van der Waals surface area contributed by atoms with Crippen LogP contribution in [0.5, 0.6) is 5.75 Å². The smallest absolute Gasteiger partial charge is 0.184 e. The highest BCUT2D eigenvalue weighted by molar-refractivity contribution is 6.33. The lowest BCUT2D eigenvalue weighted by Crippen LogP contribution is -1.96. The molecule has 5 heteroatoms. The Labute approximate surface area is 78.1 Å². The van der Waals surface area contributed by atoms with Crippen molar-refractivity contribution in [2.45, 2.75) is 0 Å². The zero-order valence-corrected chi connectivity index (χ0v) is 7.36. The summed E-state index contributed by atoms with van der Waals surface area (Å²) in [5.41, 5.74) is -0.500. The van der Waals surface area contributed by atoms with Crippen molar-refractivity contribution in [3.8, 4) is 5.75 Å². The van der Waals surface area contributed by atoms with Gasteiger partial charge in [-0.05, 0) is 0 Å². The molecular weight excluding hydrogens is 202 g/mol. The van der Waals surface area contributed by atoms with Crippen molar-refractivity contribution in [2.24, 2.45) is 0 Å². The molecule has 2 nitrogen and oxygen atoms in total. The van der Waals surface area contributed by atoms with E-state index in [0.717, 1.165) is 6.07 Å². The molecule has 13 heavy (non-hydrogen) atoms. The molecule has 0 fully saturated rings. The van der Waals surface area contributed by atoms with E-state index in [2.05, 4.69) is 4.74 Å². The van der Waals surface area contributed by atoms with Crippen LogP contribution in [0.4, 0.5) is 8.78 Å². The Hall–Kier alpha value is -1.16. The van der Waals surface area contributed by atoms with Crippen molar-refractivity contribution in [1.82, 2.24) is 0 Å². The van der Waals surface area contributed by atoms with E-state index in [1.807, 2.05) is 0 Å². The summed E-state index contributed by atoms with van der Waals surface area (Å²) in [5, 5.41) is -0.563. The van der Waals surface area contributed by atoms with Gasteiger partial charge >= 0.3 is 0 Å². The fourth-order valence-corrected chi connectivity index (χ4v) is 1.07. The maximum atomic E-state index is 13.0. The third kappa shape index (κ3) is 1.62. The number of methoxy groups -OCH3 is 1. The summed E-state index contributed by atoms with van der Waals surface area (Å²) in [6.07, 6.45) is 0.153. The van der Waals surface area contributed by atoms with E-state index in [4.69, 9.17) is 11.6 Å². The summed E-state index contributed by atoms with van der Waals surface area (Å²) in [6.45, 7) is 0. The quantitative estimate of drug-likeness (QED) is 0.549. The van der Waals surface area contributed by atoms with Gasteiger partial charge in [0.05, 0.1) is 17.7 Å². The monoisotopic (exact) mass is 206 g/mol. The zero-order valence-electron chi connectivity index (χ0n) is 6.61. The lowest BCUT2D eigenvalue weighted by Gasteiger charge is -2.05. The Kier molecular flexibility index (Phi) is 2.83. The number of rotatable bonds is 2. The molecule has 1 rings (SSSR count). The molecule has 0 aliphatic carbocycles.